The van der Waals surface area contributed by atoms with Crippen molar-refractivity contribution in [1.82, 2.24) is 4.90 Å². The molecule has 7 heteroatoms. The van der Waals surface area contributed by atoms with E-state index in [0.29, 0.717) is 22.7 Å². The summed E-state index contributed by atoms with van der Waals surface area (Å²) in [6.45, 7) is 0.0756. The lowest BCUT2D eigenvalue weighted by Gasteiger charge is -2.48. The maximum Gasteiger partial charge on any atom is 0.271 e. The van der Waals surface area contributed by atoms with E-state index in [0.717, 1.165) is 0 Å². The molecule has 3 aromatic rings. The number of hydrogen-bond donors (Lipinski definition) is 1. The zero-order valence-electron chi connectivity index (χ0n) is 16.1. The fourth-order valence-corrected chi connectivity index (χ4v) is 4.31. The van der Waals surface area contributed by atoms with Gasteiger partial charge in [0.25, 0.3) is 11.8 Å². The predicted octanol–water partition coefficient (Wildman–Crippen LogP) is 3.40. The summed E-state index contributed by atoms with van der Waals surface area (Å²) in [6.07, 6.45) is 1.88. The van der Waals surface area contributed by atoms with E-state index in [2.05, 4.69) is 5.32 Å². The molecule has 1 fully saturated rings. The van der Waals surface area contributed by atoms with Gasteiger partial charge in [-0.1, -0.05) is 30.3 Å². The van der Waals surface area contributed by atoms with Gasteiger partial charge in [-0.2, -0.15) is 0 Å². The summed E-state index contributed by atoms with van der Waals surface area (Å²) in [7, 11) is 0. The van der Waals surface area contributed by atoms with Crippen molar-refractivity contribution < 1.29 is 18.8 Å². The van der Waals surface area contributed by atoms with E-state index in [9.17, 15) is 14.4 Å². The summed E-state index contributed by atoms with van der Waals surface area (Å²) in [5.41, 5.74) is -0.0164. The lowest BCUT2D eigenvalue weighted by molar-refractivity contribution is -0.129. The third-order valence-corrected chi connectivity index (χ3v) is 5.66. The molecule has 1 unspecified atom stereocenters. The quantitative estimate of drug-likeness (QED) is 0.726. The molecule has 0 saturated carbocycles. The molecule has 7 nitrogen and oxygen atoms in total. The van der Waals surface area contributed by atoms with Crippen LogP contribution in [0.2, 0.25) is 0 Å². The third kappa shape index (κ3) is 2.62. The molecule has 0 spiro atoms. The van der Waals surface area contributed by atoms with Crippen molar-refractivity contribution in [3.05, 3.63) is 84.3 Å². The highest BCUT2D eigenvalue weighted by molar-refractivity contribution is 6.18. The van der Waals surface area contributed by atoms with Crippen LogP contribution in [0.3, 0.4) is 0 Å². The van der Waals surface area contributed by atoms with Gasteiger partial charge in [0.15, 0.2) is 0 Å². The van der Waals surface area contributed by atoms with Gasteiger partial charge < -0.3 is 9.73 Å². The molecule has 3 heterocycles. The van der Waals surface area contributed by atoms with E-state index in [4.69, 9.17) is 4.42 Å². The fraction of sp³-hybridized carbons (Fsp3) is 0.174. The number of fused-ring (bicyclic) bond motifs is 3. The second-order valence-electron chi connectivity index (χ2n) is 7.35. The summed E-state index contributed by atoms with van der Waals surface area (Å²) in [4.78, 5) is 43.1. The SMILES string of the molecule is O=C1c2ccccc2N2C(=O)CCC2(C(=O)Nc2ccccc2)N1Cc1ccco1. The summed E-state index contributed by atoms with van der Waals surface area (Å²) in [5.74, 6) is -0.387. The maximum atomic E-state index is 13.7. The van der Waals surface area contributed by atoms with Crippen LogP contribution in [-0.4, -0.2) is 28.3 Å². The number of para-hydroxylation sites is 2. The van der Waals surface area contributed by atoms with Gasteiger partial charge in [0.05, 0.1) is 24.1 Å². The van der Waals surface area contributed by atoms with Crippen molar-refractivity contribution in [2.24, 2.45) is 0 Å². The van der Waals surface area contributed by atoms with Crippen molar-refractivity contribution in [3.63, 3.8) is 0 Å². The maximum absolute atomic E-state index is 13.7. The minimum absolute atomic E-state index is 0.0756. The standard InChI is InChI=1S/C23H19N3O4/c27-20-12-13-23(22(29)24-16-7-2-1-3-8-16)25(15-17-9-6-14-30-17)21(28)18-10-4-5-11-19(18)26(20)23/h1-11,14H,12-13,15H2,(H,24,29). The Hall–Kier alpha value is -3.87. The van der Waals surface area contributed by atoms with Gasteiger partial charge in [0.2, 0.25) is 11.6 Å². The highest BCUT2D eigenvalue weighted by atomic mass is 16.3. The summed E-state index contributed by atoms with van der Waals surface area (Å²) in [5, 5.41) is 2.90. The molecule has 0 aliphatic carbocycles. The topological polar surface area (TPSA) is 82.9 Å². The molecule has 1 atom stereocenters. The molecule has 3 amide bonds. The molecular weight excluding hydrogens is 382 g/mol. The molecular formula is C23H19N3O4. The number of benzene rings is 2. The zero-order valence-corrected chi connectivity index (χ0v) is 16.1. The first kappa shape index (κ1) is 18.2. The minimum Gasteiger partial charge on any atom is -0.467 e. The Morgan fingerprint density at radius 1 is 1.00 bits per heavy atom. The van der Waals surface area contributed by atoms with E-state index in [1.807, 2.05) is 18.2 Å². The number of anilines is 2. The van der Waals surface area contributed by atoms with Gasteiger partial charge in [-0.25, -0.2) is 0 Å². The van der Waals surface area contributed by atoms with E-state index in [1.54, 1.807) is 48.5 Å². The first-order valence-electron chi connectivity index (χ1n) is 9.74. The van der Waals surface area contributed by atoms with Crippen LogP contribution in [0.15, 0.2) is 77.4 Å². The molecule has 30 heavy (non-hydrogen) atoms. The van der Waals surface area contributed by atoms with Crippen molar-refractivity contribution in [3.8, 4) is 0 Å². The second kappa shape index (κ2) is 6.88. The fourth-order valence-electron chi connectivity index (χ4n) is 4.31. The highest BCUT2D eigenvalue weighted by Crippen LogP contribution is 2.45. The van der Waals surface area contributed by atoms with Crippen molar-refractivity contribution in [2.75, 3.05) is 10.2 Å². The number of rotatable bonds is 4. The largest absolute Gasteiger partial charge is 0.467 e. The zero-order chi connectivity index (χ0) is 20.7. The third-order valence-electron chi connectivity index (χ3n) is 5.66. The molecule has 0 radical (unpaired) electrons. The van der Waals surface area contributed by atoms with Gasteiger partial charge in [-0.3, -0.25) is 24.2 Å². The van der Waals surface area contributed by atoms with Gasteiger partial charge in [0, 0.05) is 18.5 Å². The van der Waals surface area contributed by atoms with Crippen LogP contribution in [0, 0.1) is 0 Å². The first-order chi connectivity index (χ1) is 14.6. The van der Waals surface area contributed by atoms with Crippen LogP contribution in [0.25, 0.3) is 0 Å². The summed E-state index contributed by atoms with van der Waals surface area (Å²) >= 11 is 0. The van der Waals surface area contributed by atoms with Crippen molar-refractivity contribution in [1.29, 1.82) is 0 Å². The lowest BCUT2D eigenvalue weighted by atomic mass is 9.95. The van der Waals surface area contributed by atoms with Crippen LogP contribution in [0.1, 0.15) is 29.0 Å². The van der Waals surface area contributed by atoms with E-state index >= 15 is 0 Å². The summed E-state index contributed by atoms with van der Waals surface area (Å²) in [6, 6.07) is 19.4. The average Bonchev–Trinajstić information content (AvgIpc) is 3.40. The van der Waals surface area contributed by atoms with Crippen LogP contribution in [0.4, 0.5) is 11.4 Å². The number of furan rings is 1. The average molecular weight is 401 g/mol. The Kier molecular flexibility index (Phi) is 4.17. The molecule has 0 bridgehead atoms. The van der Waals surface area contributed by atoms with Gasteiger partial charge in [-0.05, 0) is 36.4 Å². The first-order valence-corrected chi connectivity index (χ1v) is 9.74. The summed E-state index contributed by atoms with van der Waals surface area (Å²) < 4.78 is 5.46. The van der Waals surface area contributed by atoms with Gasteiger partial charge in [-0.15, -0.1) is 0 Å². The minimum atomic E-state index is -1.47. The Morgan fingerprint density at radius 3 is 2.53 bits per heavy atom. The van der Waals surface area contributed by atoms with E-state index < -0.39 is 11.6 Å². The number of nitrogens with zero attached hydrogens (tertiary/aromatic N) is 2. The number of amides is 3. The van der Waals surface area contributed by atoms with Crippen LogP contribution >= 0.6 is 0 Å². The Bertz CT molecular complexity index is 1130. The molecule has 1 saturated heterocycles. The van der Waals surface area contributed by atoms with Crippen LogP contribution in [-0.2, 0) is 16.1 Å². The molecule has 1 N–H and O–H groups in total. The number of nitrogens with one attached hydrogen (secondary N) is 1. The molecule has 2 aliphatic heterocycles. The van der Waals surface area contributed by atoms with Crippen LogP contribution in [0.5, 0.6) is 0 Å². The number of hydrogen-bond acceptors (Lipinski definition) is 4. The molecule has 1 aromatic heterocycles. The van der Waals surface area contributed by atoms with Crippen molar-refractivity contribution in [2.45, 2.75) is 25.0 Å². The van der Waals surface area contributed by atoms with Gasteiger partial charge >= 0.3 is 0 Å². The van der Waals surface area contributed by atoms with Gasteiger partial charge in [0.1, 0.15) is 5.76 Å². The molecule has 150 valence electrons. The Morgan fingerprint density at radius 2 is 1.77 bits per heavy atom. The van der Waals surface area contributed by atoms with E-state index in [-0.39, 0.29) is 31.2 Å². The molecule has 2 aromatic carbocycles. The van der Waals surface area contributed by atoms with Crippen LogP contribution < -0.4 is 10.2 Å². The molecule has 2 aliphatic rings. The number of carbonyl (C=O) groups excluding carboxylic acids is 3. The second-order valence-corrected chi connectivity index (χ2v) is 7.35. The highest BCUT2D eigenvalue weighted by Gasteiger charge is 2.61. The Balaban J connectivity index is 1.66. The normalized spacial score (nSPS) is 20.1. The lowest BCUT2D eigenvalue weighted by Crippen LogP contribution is -2.69. The molecule has 5 rings (SSSR count). The number of carbonyl (C=O) groups is 3. The predicted molar refractivity (Wildman–Crippen MR) is 110 cm³/mol. The monoisotopic (exact) mass is 401 g/mol. The van der Waals surface area contributed by atoms with Crippen molar-refractivity contribution >= 4 is 29.1 Å². The smallest absolute Gasteiger partial charge is 0.271 e. The Labute approximate surface area is 172 Å². The van der Waals surface area contributed by atoms with E-state index in [1.165, 1.54) is 16.1 Å².